The number of nitrogens with zero attached hydrogens (tertiary/aromatic N) is 2. The number of hydrogen-bond donors (Lipinski definition) is 0. The molecule has 166 valence electrons. The summed E-state index contributed by atoms with van der Waals surface area (Å²) < 4.78 is 5.51. The molecule has 0 bridgehead atoms. The average Bonchev–Trinajstić information content (AvgIpc) is 2.98. The van der Waals surface area contributed by atoms with E-state index in [1.807, 2.05) is 18.2 Å². The van der Waals surface area contributed by atoms with Gasteiger partial charge < -0.3 is 9.57 Å². The topological polar surface area (TPSA) is 93.2 Å². The Bertz CT molecular complexity index is 1070. The Balaban J connectivity index is 1.47. The van der Waals surface area contributed by atoms with Gasteiger partial charge in [0.15, 0.2) is 0 Å². The largest absolute Gasteiger partial charge is 0.443 e. The molecule has 2 aliphatic rings. The van der Waals surface area contributed by atoms with Crippen molar-refractivity contribution in [1.82, 2.24) is 5.06 Å². The summed E-state index contributed by atoms with van der Waals surface area (Å²) >= 11 is 0. The highest BCUT2D eigenvalue weighted by atomic mass is 16.7. The molecule has 0 radical (unpaired) electrons. The van der Waals surface area contributed by atoms with Gasteiger partial charge in [0.25, 0.3) is 11.8 Å². The molecule has 8 heteroatoms. The Kier molecular flexibility index (Phi) is 5.46. The number of hydroxylamine groups is 2. The Morgan fingerprint density at radius 3 is 2.19 bits per heavy atom. The number of ether oxygens (including phenoxy) is 1. The third kappa shape index (κ3) is 4.08. The molecule has 1 atom stereocenters. The second-order valence-corrected chi connectivity index (χ2v) is 8.79. The number of benzene rings is 2. The van der Waals surface area contributed by atoms with Crippen LogP contribution in [0.3, 0.4) is 0 Å². The highest BCUT2D eigenvalue weighted by Gasteiger charge is 2.39. The number of hydrogen-bond acceptors (Lipinski definition) is 6. The van der Waals surface area contributed by atoms with Gasteiger partial charge in [-0.3, -0.25) is 14.5 Å². The van der Waals surface area contributed by atoms with Crippen molar-refractivity contribution in [3.8, 4) is 0 Å². The van der Waals surface area contributed by atoms with Crippen molar-refractivity contribution in [2.75, 3.05) is 11.4 Å². The first-order chi connectivity index (χ1) is 15.2. The number of imide groups is 1. The van der Waals surface area contributed by atoms with Gasteiger partial charge in [-0.2, -0.15) is 0 Å². The van der Waals surface area contributed by atoms with Gasteiger partial charge in [-0.05, 0) is 56.9 Å². The van der Waals surface area contributed by atoms with Crippen LogP contribution in [-0.4, -0.2) is 41.1 Å². The van der Waals surface area contributed by atoms with E-state index in [-0.39, 0.29) is 23.5 Å². The fourth-order valence-corrected chi connectivity index (χ4v) is 3.95. The lowest BCUT2D eigenvalue weighted by molar-refractivity contribution is -0.169. The van der Waals surface area contributed by atoms with Crippen molar-refractivity contribution in [2.24, 2.45) is 0 Å². The number of fused-ring (bicyclic) bond motifs is 2. The average molecular weight is 436 g/mol. The van der Waals surface area contributed by atoms with Crippen LogP contribution in [0.1, 0.15) is 65.8 Å². The number of rotatable bonds is 3. The lowest BCUT2D eigenvalue weighted by atomic mass is 9.87. The summed E-state index contributed by atoms with van der Waals surface area (Å²) in [6.45, 7) is 5.78. The summed E-state index contributed by atoms with van der Waals surface area (Å²) in [6, 6.07) is 13.6. The highest BCUT2D eigenvalue weighted by Crippen LogP contribution is 2.38. The normalized spacial score (nSPS) is 17.7. The lowest BCUT2D eigenvalue weighted by Gasteiger charge is -2.35. The molecular formula is C24H24N2O6. The molecule has 0 fully saturated rings. The molecule has 0 saturated heterocycles. The van der Waals surface area contributed by atoms with E-state index in [4.69, 9.17) is 9.57 Å². The second-order valence-electron chi connectivity index (χ2n) is 8.79. The first kappa shape index (κ1) is 21.5. The molecule has 0 spiro atoms. The van der Waals surface area contributed by atoms with Crippen molar-refractivity contribution in [1.29, 1.82) is 0 Å². The van der Waals surface area contributed by atoms with Gasteiger partial charge in [0.1, 0.15) is 5.60 Å². The van der Waals surface area contributed by atoms with E-state index in [0.717, 1.165) is 5.56 Å². The van der Waals surface area contributed by atoms with Gasteiger partial charge in [0.2, 0.25) is 0 Å². The highest BCUT2D eigenvalue weighted by molar-refractivity contribution is 6.20. The van der Waals surface area contributed by atoms with Gasteiger partial charge in [-0.15, -0.1) is 0 Å². The van der Waals surface area contributed by atoms with E-state index in [1.165, 1.54) is 12.1 Å². The molecule has 2 aromatic carbocycles. The molecule has 8 nitrogen and oxygen atoms in total. The van der Waals surface area contributed by atoms with Crippen molar-refractivity contribution in [2.45, 2.75) is 45.1 Å². The lowest BCUT2D eigenvalue weighted by Crippen LogP contribution is -2.41. The molecule has 4 rings (SSSR count). The Labute approximate surface area is 185 Å². The molecule has 0 aromatic heterocycles. The Morgan fingerprint density at radius 2 is 1.56 bits per heavy atom. The number of amides is 3. The molecule has 0 aliphatic carbocycles. The zero-order valence-electron chi connectivity index (χ0n) is 18.2. The van der Waals surface area contributed by atoms with Crippen LogP contribution in [-0.2, 0) is 14.4 Å². The van der Waals surface area contributed by atoms with Gasteiger partial charge in [-0.25, -0.2) is 9.59 Å². The van der Waals surface area contributed by atoms with Crippen molar-refractivity contribution < 1.29 is 28.8 Å². The standard InChI is InChI=1S/C24H24N2O6/c1-24(2,3)31-23(30)25-13-12-15(16-8-6-7-11-19(16)25)14-20(27)32-26-21(28)17-9-4-5-10-18(17)22(26)29/h4-11,15H,12-14H2,1-3H3. The summed E-state index contributed by atoms with van der Waals surface area (Å²) in [5, 5.41) is 0.523. The second kappa shape index (κ2) is 8.11. The Hall–Kier alpha value is -3.68. The fraction of sp³-hybridized carbons (Fsp3) is 0.333. The third-order valence-corrected chi connectivity index (χ3v) is 5.35. The maximum atomic E-state index is 12.6. The zero-order valence-corrected chi connectivity index (χ0v) is 18.2. The van der Waals surface area contributed by atoms with Crippen LogP contribution in [0.15, 0.2) is 48.5 Å². The van der Waals surface area contributed by atoms with E-state index in [2.05, 4.69) is 0 Å². The number of carbonyl (C=O) groups is 4. The molecule has 2 heterocycles. The third-order valence-electron chi connectivity index (χ3n) is 5.35. The molecule has 1 unspecified atom stereocenters. The van der Waals surface area contributed by atoms with Crippen LogP contribution in [0.25, 0.3) is 0 Å². The van der Waals surface area contributed by atoms with Crippen LogP contribution in [0.5, 0.6) is 0 Å². The molecule has 3 amide bonds. The van der Waals surface area contributed by atoms with E-state index in [0.29, 0.717) is 23.7 Å². The van der Waals surface area contributed by atoms with Gasteiger partial charge in [0, 0.05) is 6.54 Å². The van der Waals surface area contributed by atoms with Crippen LogP contribution in [0.4, 0.5) is 10.5 Å². The predicted molar refractivity (Wildman–Crippen MR) is 115 cm³/mol. The summed E-state index contributed by atoms with van der Waals surface area (Å²) in [4.78, 5) is 56.9. The van der Waals surface area contributed by atoms with Crippen molar-refractivity contribution >= 4 is 29.6 Å². The van der Waals surface area contributed by atoms with E-state index in [9.17, 15) is 19.2 Å². The van der Waals surface area contributed by atoms with E-state index in [1.54, 1.807) is 43.9 Å². The monoisotopic (exact) mass is 436 g/mol. The summed E-state index contributed by atoms with van der Waals surface area (Å²) in [7, 11) is 0. The molecule has 2 aliphatic heterocycles. The minimum Gasteiger partial charge on any atom is -0.443 e. The first-order valence-electron chi connectivity index (χ1n) is 10.4. The quantitative estimate of drug-likeness (QED) is 0.674. The molecule has 2 aromatic rings. The summed E-state index contributed by atoms with van der Waals surface area (Å²) in [6.07, 6.45) is 0.0251. The van der Waals surface area contributed by atoms with Gasteiger partial charge in [0.05, 0.1) is 23.2 Å². The van der Waals surface area contributed by atoms with Crippen LogP contribution in [0.2, 0.25) is 0 Å². The Morgan fingerprint density at radius 1 is 0.969 bits per heavy atom. The molecule has 0 saturated carbocycles. The number of para-hydroxylation sites is 1. The van der Waals surface area contributed by atoms with Crippen LogP contribution in [0, 0.1) is 0 Å². The molecule has 32 heavy (non-hydrogen) atoms. The van der Waals surface area contributed by atoms with E-state index >= 15 is 0 Å². The predicted octanol–water partition coefficient (Wildman–Crippen LogP) is 4.06. The fourth-order valence-electron chi connectivity index (χ4n) is 3.95. The number of anilines is 1. The molecule has 0 N–H and O–H groups in total. The van der Waals surface area contributed by atoms with Crippen molar-refractivity contribution in [3.63, 3.8) is 0 Å². The smallest absolute Gasteiger partial charge is 0.414 e. The summed E-state index contributed by atoms with van der Waals surface area (Å²) in [5.74, 6) is -2.23. The zero-order chi connectivity index (χ0) is 23.0. The minimum absolute atomic E-state index is 0.0351. The first-order valence-corrected chi connectivity index (χ1v) is 10.4. The van der Waals surface area contributed by atoms with Gasteiger partial charge >= 0.3 is 12.1 Å². The minimum atomic E-state index is -0.690. The van der Waals surface area contributed by atoms with Gasteiger partial charge in [-0.1, -0.05) is 35.4 Å². The SMILES string of the molecule is CC(C)(C)OC(=O)N1CCC(CC(=O)ON2C(=O)c3ccccc3C2=O)c2ccccc21. The van der Waals surface area contributed by atoms with Crippen LogP contribution >= 0.6 is 0 Å². The van der Waals surface area contributed by atoms with Crippen LogP contribution < -0.4 is 4.90 Å². The maximum absolute atomic E-state index is 12.6. The summed E-state index contributed by atoms with van der Waals surface area (Å²) in [5.41, 5.74) is 1.28. The maximum Gasteiger partial charge on any atom is 0.414 e. The van der Waals surface area contributed by atoms with E-state index < -0.39 is 29.5 Å². The van der Waals surface area contributed by atoms with Crippen molar-refractivity contribution in [3.05, 3.63) is 65.2 Å². The number of carbonyl (C=O) groups excluding carboxylic acids is 4. The molecular weight excluding hydrogens is 412 g/mol.